The molecular formula is C30H37N3O5S. The molecule has 39 heavy (non-hydrogen) atoms. The number of hydrogen-bond acceptors (Lipinski definition) is 5. The van der Waals surface area contributed by atoms with Gasteiger partial charge in [0.1, 0.15) is 11.8 Å². The zero-order chi connectivity index (χ0) is 28.4. The number of hydrogen-bond donors (Lipinski definition) is 1. The number of aryl methyl sites for hydroxylation is 1. The Balaban J connectivity index is 1.85. The highest BCUT2D eigenvalue weighted by Gasteiger charge is 2.30. The van der Waals surface area contributed by atoms with Crippen LogP contribution in [0.1, 0.15) is 29.5 Å². The van der Waals surface area contributed by atoms with Crippen LogP contribution < -0.4 is 14.4 Å². The zero-order valence-corrected chi connectivity index (χ0v) is 23.8. The Labute approximate surface area is 231 Å². The van der Waals surface area contributed by atoms with Gasteiger partial charge in [-0.05, 0) is 36.6 Å². The monoisotopic (exact) mass is 551 g/mol. The van der Waals surface area contributed by atoms with Crippen LogP contribution in [-0.4, -0.2) is 58.1 Å². The van der Waals surface area contributed by atoms with E-state index >= 15 is 0 Å². The van der Waals surface area contributed by atoms with Crippen LogP contribution in [0, 0.1) is 6.92 Å². The van der Waals surface area contributed by atoms with Crippen molar-refractivity contribution in [1.82, 2.24) is 10.2 Å². The van der Waals surface area contributed by atoms with E-state index in [4.69, 9.17) is 4.74 Å². The molecule has 0 aliphatic rings. The highest BCUT2D eigenvalue weighted by Crippen LogP contribution is 2.30. The topological polar surface area (TPSA) is 96.0 Å². The lowest BCUT2D eigenvalue weighted by Crippen LogP contribution is -2.49. The minimum Gasteiger partial charge on any atom is -0.495 e. The SMILES string of the molecule is CNC(=O)[C@@H](Cc1ccccc1)N(Cc1ccc(C)cc1)C(=O)CCCN(c1ccccc1OC)S(C)(=O)=O. The van der Waals surface area contributed by atoms with Crippen LogP contribution in [0.15, 0.2) is 78.9 Å². The Morgan fingerprint density at radius 2 is 1.56 bits per heavy atom. The minimum atomic E-state index is -3.63. The third-order valence-electron chi connectivity index (χ3n) is 6.50. The van der Waals surface area contributed by atoms with E-state index in [-0.39, 0.29) is 37.7 Å². The summed E-state index contributed by atoms with van der Waals surface area (Å²) < 4.78 is 31.9. The number of nitrogens with zero attached hydrogens (tertiary/aromatic N) is 2. The molecule has 0 fully saturated rings. The normalized spacial score (nSPS) is 11.9. The fourth-order valence-electron chi connectivity index (χ4n) is 4.43. The van der Waals surface area contributed by atoms with Crippen molar-refractivity contribution in [2.75, 3.05) is 31.3 Å². The van der Waals surface area contributed by atoms with Gasteiger partial charge in [-0.2, -0.15) is 0 Å². The van der Waals surface area contributed by atoms with Gasteiger partial charge in [-0.25, -0.2) is 8.42 Å². The lowest BCUT2D eigenvalue weighted by atomic mass is 10.0. The van der Waals surface area contributed by atoms with Crippen LogP contribution in [-0.2, 0) is 32.6 Å². The number of para-hydroxylation sites is 2. The Kier molecular flexibility index (Phi) is 10.5. The predicted molar refractivity (Wildman–Crippen MR) is 154 cm³/mol. The summed E-state index contributed by atoms with van der Waals surface area (Å²) in [7, 11) is -0.586. The van der Waals surface area contributed by atoms with E-state index < -0.39 is 16.1 Å². The quantitative estimate of drug-likeness (QED) is 0.347. The summed E-state index contributed by atoms with van der Waals surface area (Å²) in [5.41, 5.74) is 3.36. The van der Waals surface area contributed by atoms with Crippen molar-refractivity contribution in [3.63, 3.8) is 0 Å². The summed E-state index contributed by atoms with van der Waals surface area (Å²) in [6.07, 6.45) is 1.82. The number of amides is 2. The molecule has 0 radical (unpaired) electrons. The van der Waals surface area contributed by atoms with Crippen molar-refractivity contribution in [2.45, 2.75) is 38.8 Å². The summed E-state index contributed by atoms with van der Waals surface area (Å²) in [5, 5.41) is 2.71. The summed E-state index contributed by atoms with van der Waals surface area (Å²) in [4.78, 5) is 28.4. The van der Waals surface area contributed by atoms with Gasteiger partial charge < -0.3 is 15.0 Å². The number of anilines is 1. The molecule has 1 N–H and O–H groups in total. The van der Waals surface area contributed by atoms with Crippen LogP contribution >= 0.6 is 0 Å². The second kappa shape index (κ2) is 13.8. The van der Waals surface area contributed by atoms with Gasteiger partial charge in [0.05, 0.1) is 19.1 Å². The van der Waals surface area contributed by atoms with Crippen molar-refractivity contribution in [3.8, 4) is 5.75 Å². The van der Waals surface area contributed by atoms with Crippen LogP contribution in [0.5, 0.6) is 5.75 Å². The van der Waals surface area contributed by atoms with Gasteiger partial charge in [0, 0.05) is 33.0 Å². The van der Waals surface area contributed by atoms with Gasteiger partial charge in [0.15, 0.2) is 0 Å². The molecule has 0 spiro atoms. The second-order valence-corrected chi connectivity index (χ2v) is 11.3. The molecule has 8 nitrogen and oxygen atoms in total. The molecule has 0 heterocycles. The third-order valence-corrected chi connectivity index (χ3v) is 7.68. The van der Waals surface area contributed by atoms with Crippen molar-refractivity contribution < 1.29 is 22.7 Å². The highest BCUT2D eigenvalue weighted by atomic mass is 32.2. The molecular weight excluding hydrogens is 514 g/mol. The summed E-state index contributed by atoms with van der Waals surface area (Å²) in [6, 6.07) is 23.6. The van der Waals surface area contributed by atoms with Gasteiger partial charge in [0.2, 0.25) is 21.8 Å². The number of carbonyl (C=O) groups excluding carboxylic acids is 2. The van der Waals surface area contributed by atoms with Crippen molar-refractivity contribution in [3.05, 3.63) is 95.6 Å². The van der Waals surface area contributed by atoms with E-state index in [0.29, 0.717) is 17.9 Å². The lowest BCUT2D eigenvalue weighted by molar-refractivity contribution is -0.141. The predicted octanol–water partition coefficient (Wildman–Crippen LogP) is 3.94. The summed E-state index contributed by atoms with van der Waals surface area (Å²) in [6.45, 7) is 2.34. The first-order valence-electron chi connectivity index (χ1n) is 12.8. The van der Waals surface area contributed by atoms with Gasteiger partial charge in [-0.3, -0.25) is 13.9 Å². The molecule has 0 saturated carbocycles. The number of sulfonamides is 1. The molecule has 9 heteroatoms. The van der Waals surface area contributed by atoms with Crippen molar-refractivity contribution >= 4 is 27.5 Å². The molecule has 1 atom stereocenters. The van der Waals surface area contributed by atoms with Crippen LogP contribution in [0.3, 0.4) is 0 Å². The number of ether oxygens (including phenoxy) is 1. The molecule has 0 aliphatic carbocycles. The van der Waals surface area contributed by atoms with Crippen molar-refractivity contribution in [1.29, 1.82) is 0 Å². The van der Waals surface area contributed by atoms with E-state index in [1.165, 1.54) is 11.4 Å². The Hall–Kier alpha value is -3.85. The number of likely N-dealkylation sites (N-methyl/N-ethyl adjacent to an activating group) is 1. The number of methoxy groups -OCH3 is 1. The first-order chi connectivity index (χ1) is 18.6. The molecule has 0 bridgehead atoms. The van der Waals surface area contributed by atoms with Gasteiger partial charge >= 0.3 is 0 Å². The Morgan fingerprint density at radius 3 is 2.18 bits per heavy atom. The van der Waals surface area contributed by atoms with Crippen LogP contribution in [0.4, 0.5) is 5.69 Å². The second-order valence-electron chi connectivity index (χ2n) is 9.44. The standard InChI is InChI=1S/C30H37N3O5S/c1-23-16-18-25(19-17-23)22-32(27(30(35)31-2)21-24-11-6-5-7-12-24)29(34)15-10-20-33(39(4,36)37)26-13-8-9-14-28(26)38-3/h5-9,11-14,16-19,27H,10,15,20-22H2,1-4H3,(H,31,35)/t27-/m1/s1. The Bertz CT molecular complexity index is 1340. The van der Waals surface area contributed by atoms with Gasteiger partial charge in [0.25, 0.3) is 0 Å². The van der Waals surface area contributed by atoms with Gasteiger partial charge in [-0.15, -0.1) is 0 Å². The zero-order valence-electron chi connectivity index (χ0n) is 23.0. The first-order valence-corrected chi connectivity index (χ1v) is 14.7. The minimum absolute atomic E-state index is 0.0648. The largest absolute Gasteiger partial charge is 0.495 e. The number of benzene rings is 3. The molecule has 0 aliphatic heterocycles. The number of carbonyl (C=O) groups is 2. The Morgan fingerprint density at radius 1 is 0.923 bits per heavy atom. The van der Waals surface area contributed by atoms with Crippen LogP contribution in [0.2, 0.25) is 0 Å². The molecule has 3 aromatic carbocycles. The highest BCUT2D eigenvalue weighted by molar-refractivity contribution is 7.92. The molecule has 3 rings (SSSR count). The maximum atomic E-state index is 13.7. The number of nitrogens with one attached hydrogen (secondary N) is 1. The maximum absolute atomic E-state index is 13.7. The van der Waals surface area contributed by atoms with E-state index in [9.17, 15) is 18.0 Å². The molecule has 0 aromatic heterocycles. The van der Waals surface area contributed by atoms with E-state index in [2.05, 4.69) is 5.32 Å². The average molecular weight is 552 g/mol. The van der Waals surface area contributed by atoms with Crippen LogP contribution in [0.25, 0.3) is 0 Å². The molecule has 3 aromatic rings. The fourth-order valence-corrected chi connectivity index (χ4v) is 5.40. The molecule has 0 saturated heterocycles. The smallest absolute Gasteiger partial charge is 0.242 e. The average Bonchev–Trinajstić information content (AvgIpc) is 2.93. The first kappa shape index (κ1) is 29.7. The van der Waals surface area contributed by atoms with E-state index in [1.54, 1.807) is 36.2 Å². The van der Waals surface area contributed by atoms with E-state index in [1.807, 2.05) is 61.5 Å². The molecule has 2 amide bonds. The molecule has 0 unspecified atom stereocenters. The summed E-state index contributed by atoms with van der Waals surface area (Å²) in [5.74, 6) is -0.0579. The van der Waals surface area contributed by atoms with E-state index in [0.717, 1.165) is 22.9 Å². The van der Waals surface area contributed by atoms with Crippen molar-refractivity contribution in [2.24, 2.45) is 0 Å². The van der Waals surface area contributed by atoms with Gasteiger partial charge in [-0.1, -0.05) is 72.3 Å². The maximum Gasteiger partial charge on any atom is 0.242 e. The lowest BCUT2D eigenvalue weighted by Gasteiger charge is -2.31. The third kappa shape index (κ3) is 8.32. The summed E-state index contributed by atoms with van der Waals surface area (Å²) >= 11 is 0. The molecule has 208 valence electrons. The fraction of sp³-hybridized carbons (Fsp3) is 0.333. The number of rotatable bonds is 13.